The first kappa shape index (κ1) is 36.5. The largest absolute Gasteiger partial charge is 0.490 e. The predicted octanol–water partition coefficient (Wildman–Crippen LogP) is 3.80. The van der Waals surface area contributed by atoms with E-state index in [0.717, 1.165) is 29.7 Å². The van der Waals surface area contributed by atoms with Crippen LogP contribution in [0.4, 0.5) is 36.4 Å². The molecule has 47 heavy (non-hydrogen) atoms. The van der Waals surface area contributed by atoms with E-state index in [1.54, 1.807) is 18.3 Å². The molecule has 0 aliphatic carbocycles. The molecule has 2 aliphatic rings. The lowest BCUT2D eigenvalue weighted by Crippen LogP contribution is -2.57. The van der Waals surface area contributed by atoms with Gasteiger partial charge in [0.1, 0.15) is 11.4 Å². The van der Waals surface area contributed by atoms with E-state index in [-0.39, 0.29) is 17.6 Å². The standard InChI is InChI=1S/C25H26FN5O2.2C2HF3O2/c26-20-5-7-21(8-6-20)31-17-29-24(33)25(31)9-12-30(13-10-25)14-11-27-23(32)19-15-18-3-1-2-4-22(18)28-16-19;2*3-2(4,5)1(6)7/h1-8,15-16H,9-14,17H2,(H,27,32)(H,29,33);2*(H,6,7). The highest BCUT2D eigenvalue weighted by atomic mass is 19.4. The van der Waals surface area contributed by atoms with Crippen molar-refractivity contribution in [2.75, 3.05) is 37.7 Å². The van der Waals surface area contributed by atoms with Crippen molar-refractivity contribution in [3.05, 3.63) is 72.2 Å². The Morgan fingerprint density at radius 3 is 2.02 bits per heavy atom. The molecule has 2 aromatic carbocycles. The fourth-order valence-electron chi connectivity index (χ4n) is 4.82. The highest BCUT2D eigenvalue weighted by Crippen LogP contribution is 2.36. The molecule has 5 rings (SSSR count). The molecule has 254 valence electrons. The topological polar surface area (TPSA) is 152 Å². The first-order chi connectivity index (χ1) is 21.9. The second kappa shape index (κ2) is 15.1. The van der Waals surface area contributed by atoms with Crippen molar-refractivity contribution in [1.29, 1.82) is 0 Å². The summed E-state index contributed by atoms with van der Waals surface area (Å²) in [6.07, 6.45) is -7.21. The lowest BCUT2D eigenvalue weighted by molar-refractivity contribution is -0.193. The minimum absolute atomic E-state index is 0.0311. The number of carbonyl (C=O) groups is 4. The molecule has 2 aliphatic heterocycles. The molecule has 3 aromatic rings. The lowest BCUT2D eigenvalue weighted by atomic mass is 9.85. The van der Waals surface area contributed by atoms with E-state index in [1.165, 1.54) is 12.1 Å². The predicted molar refractivity (Wildman–Crippen MR) is 152 cm³/mol. The van der Waals surface area contributed by atoms with Crippen LogP contribution in [-0.4, -0.2) is 94.6 Å². The van der Waals surface area contributed by atoms with E-state index in [2.05, 4.69) is 25.4 Å². The van der Waals surface area contributed by atoms with E-state index in [4.69, 9.17) is 19.8 Å². The second-order valence-electron chi connectivity index (χ2n) is 10.2. The zero-order valence-electron chi connectivity index (χ0n) is 24.2. The van der Waals surface area contributed by atoms with Crippen molar-refractivity contribution in [2.24, 2.45) is 0 Å². The summed E-state index contributed by atoms with van der Waals surface area (Å²) in [5.74, 6) is -5.91. The Kier molecular flexibility index (Phi) is 11.7. The second-order valence-corrected chi connectivity index (χ2v) is 10.2. The van der Waals surface area contributed by atoms with Crippen LogP contribution in [0.2, 0.25) is 0 Å². The van der Waals surface area contributed by atoms with E-state index in [9.17, 15) is 40.3 Å². The maximum Gasteiger partial charge on any atom is 0.490 e. The quantitative estimate of drug-likeness (QED) is 0.296. The number of nitrogens with one attached hydrogen (secondary N) is 2. The Bertz CT molecular complexity index is 1550. The summed E-state index contributed by atoms with van der Waals surface area (Å²) >= 11 is 0. The van der Waals surface area contributed by atoms with Crippen LogP contribution in [0.3, 0.4) is 0 Å². The Morgan fingerprint density at radius 2 is 1.47 bits per heavy atom. The van der Waals surface area contributed by atoms with E-state index in [0.29, 0.717) is 38.2 Å². The first-order valence-corrected chi connectivity index (χ1v) is 13.7. The van der Waals surface area contributed by atoms with Crippen molar-refractivity contribution in [1.82, 2.24) is 20.5 Å². The summed E-state index contributed by atoms with van der Waals surface area (Å²) in [4.78, 5) is 51.8. The van der Waals surface area contributed by atoms with E-state index in [1.807, 2.05) is 30.3 Å². The number of carboxylic acid groups (broad SMARTS) is 2. The van der Waals surface area contributed by atoms with Gasteiger partial charge in [-0.05, 0) is 49.2 Å². The molecule has 2 amide bonds. The number of hydrogen-bond acceptors (Lipinski definition) is 7. The number of alkyl halides is 6. The van der Waals surface area contributed by atoms with Gasteiger partial charge in [-0.2, -0.15) is 26.3 Å². The van der Waals surface area contributed by atoms with Gasteiger partial charge in [0, 0.05) is 43.4 Å². The molecule has 11 nitrogen and oxygen atoms in total. The summed E-state index contributed by atoms with van der Waals surface area (Å²) in [5.41, 5.74) is 1.65. The van der Waals surface area contributed by atoms with Crippen LogP contribution < -0.4 is 15.5 Å². The van der Waals surface area contributed by atoms with Gasteiger partial charge < -0.3 is 30.6 Å². The van der Waals surface area contributed by atoms with Crippen LogP contribution in [0, 0.1) is 5.82 Å². The van der Waals surface area contributed by atoms with Gasteiger partial charge in [-0.25, -0.2) is 14.0 Å². The van der Waals surface area contributed by atoms with Crippen LogP contribution in [0.25, 0.3) is 10.9 Å². The molecule has 0 atom stereocenters. The number of nitrogens with zero attached hydrogens (tertiary/aromatic N) is 3. The number of aliphatic carboxylic acids is 2. The summed E-state index contributed by atoms with van der Waals surface area (Å²) < 4.78 is 76.8. The molecule has 18 heteroatoms. The smallest absolute Gasteiger partial charge is 0.475 e. The molecule has 0 saturated carbocycles. The van der Waals surface area contributed by atoms with Crippen molar-refractivity contribution in [3.8, 4) is 0 Å². The van der Waals surface area contributed by atoms with Crippen LogP contribution in [0.1, 0.15) is 23.2 Å². The summed E-state index contributed by atoms with van der Waals surface area (Å²) in [7, 11) is 0. The SMILES string of the molecule is O=C(NCCN1CCC2(CC1)C(=O)NCN2c1ccc(F)cc1)c1cnc2ccccc2c1.O=C(O)C(F)(F)F.O=C(O)C(F)(F)F. The van der Waals surface area contributed by atoms with Gasteiger partial charge in [-0.15, -0.1) is 0 Å². The molecule has 0 radical (unpaired) electrons. The van der Waals surface area contributed by atoms with Gasteiger partial charge >= 0.3 is 24.3 Å². The Morgan fingerprint density at radius 1 is 0.915 bits per heavy atom. The number of halogens is 7. The van der Waals surface area contributed by atoms with Crippen molar-refractivity contribution in [3.63, 3.8) is 0 Å². The van der Waals surface area contributed by atoms with Gasteiger partial charge in [-0.1, -0.05) is 18.2 Å². The van der Waals surface area contributed by atoms with E-state index < -0.39 is 29.8 Å². The maximum absolute atomic E-state index is 13.3. The molecular weight excluding hydrogens is 647 g/mol. The zero-order valence-corrected chi connectivity index (χ0v) is 24.2. The highest BCUT2D eigenvalue weighted by Gasteiger charge is 2.50. The van der Waals surface area contributed by atoms with Gasteiger partial charge in [-0.3, -0.25) is 14.6 Å². The van der Waals surface area contributed by atoms with E-state index >= 15 is 0 Å². The number of carboxylic acids is 2. The fourth-order valence-corrected chi connectivity index (χ4v) is 4.82. The molecule has 2 saturated heterocycles. The minimum Gasteiger partial charge on any atom is -0.475 e. The molecule has 0 unspecified atom stereocenters. The van der Waals surface area contributed by atoms with Crippen molar-refractivity contribution in [2.45, 2.75) is 30.7 Å². The lowest BCUT2D eigenvalue weighted by Gasteiger charge is -2.43. The molecule has 3 heterocycles. The zero-order chi connectivity index (χ0) is 35.0. The van der Waals surface area contributed by atoms with Crippen molar-refractivity contribution < 1.29 is 60.1 Å². The highest BCUT2D eigenvalue weighted by molar-refractivity contribution is 5.97. The molecule has 1 spiro atoms. The number of carbonyl (C=O) groups excluding carboxylic acids is 2. The van der Waals surface area contributed by atoms with Crippen LogP contribution in [0.15, 0.2) is 60.8 Å². The Hall–Kier alpha value is -5.00. The molecular formula is C29H28F7N5O6. The molecule has 2 fully saturated rings. The average molecular weight is 676 g/mol. The average Bonchev–Trinajstić information content (AvgIpc) is 3.32. The van der Waals surface area contributed by atoms with Gasteiger partial charge in [0.15, 0.2) is 0 Å². The van der Waals surface area contributed by atoms with Gasteiger partial charge in [0.2, 0.25) is 5.91 Å². The summed E-state index contributed by atoms with van der Waals surface area (Å²) in [6.45, 7) is 3.16. The Labute approximate surface area is 262 Å². The molecule has 4 N–H and O–H groups in total. The number of benzene rings is 2. The number of likely N-dealkylation sites (tertiary alicyclic amines) is 1. The van der Waals surface area contributed by atoms with Crippen molar-refractivity contribution >= 4 is 40.3 Å². The normalized spacial score (nSPS) is 16.0. The Balaban J connectivity index is 0.000000360. The number of pyridine rings is 1. The maximum atomic E-state index is 13.3. The minimum atomic E-state index is -5.08. The third-order valence-corrected chi connectivity index (χ3v) is 7.21. The number of piperidine rings is 1. The number of anilines is 1. The number of aromatic nitrogens is 1. The van der Waals surface area contributed by atoms with Gasteiger partial charge in [0.05, 0.1) is 17.7 Å². The van der Waals surface area contributed by atoms with Crippen LogP contribution in [0.5, 0.6) is 0 Å². The van der Waals surface area contributed by atoms with Crippen LogP contribution in [-0.2, 0) is 14.4 Å². The first-order valence-electron chi connectivity index (χ1n) is 13.7. The fraction of sp³-hybridized carbons (Fsp3) is 0.345. The number of amides is 2. The third kappa shape index (κ3) is 9.74. The number of para-hydroxylation sites is 1. The molecule has 0 bridgehead atoms. The summed E-state index contributed by atoms with van der Waals surface area (Å²) in [5, 5.41) is 21.1. The number of fused-ring (bicyclic) bond motifs is 1. The monoisotopic (exact) mass is 675 g/mol. The third-order valence-electron chi connectivity index (χ3n) is 7.21. The molecule has 1 aromatic heterocycles. The number of rotatable bonds is 5. The summed E-state index contributed by atoms with van der Waals surface area (Å²) in [6, 6.07) is 15.9. The number of hydrogen-bond donors (Lipinski definition) is 4. The van der Waals surface area contributed by atoms with Gasteiger partial charge in [0.25, 0.3) is 5.91 Å². The van der Waals surface area contributed by atoms with Crippen LogP contribution >= 0.6 is 0 Å².